The van der Waals surface area contributed by atoms with Crippen molar-refractivity contribution in [2.45, 2.75) is 45.4 Å². The molecular weight excluding hydrogens is 539 g/mol. The van der Waals surface area contributed by atoms with Crippen LogP contribution in [0.5, 0.6) is 17.4 Å². The van der Waals surface area contributed by atoms with E-state index in [1.807, 2.05) is 43.3 Å². The summed E-state index contributed by atoms with van der Waals surface area (Å²) in [7, 11) is 0. The van der Waals surface area contributed by atoms with Crippen LogP contribution in [-0.2, 0) is 30.4 Å². The Bertz CT molecular complexity index is 1420. The molecule has 0 aliphatic heterocycles. The predicted molar refractivity (Wildman–Crippen MR) is 145 cm³/mol. The van der Waals surface area contributed by atoms with Crippen molar-refractivity contribution >= 4 is 5.97 Å². The summed E-state index contributed by atoms with van der Waals surface area (Å²) >= 11 is 0. The summed E-state index contributed by atoms with van der Waals surface area (Å²) < 4.78 is 57.6. The second kappa shape index (κ2) is 13.7. The first kappa shape index (κ1) is 29.4. The third-order valence-corrected chi connectivity index (χ3v) is 6.09. The van der Waals surface area contributed by atoms with Gasteiger partial charge in [0.1, 0.15) is 18.1 Å². The van der Waals surface area contributed by atoms with Gasteiger partial charge in [0.15, 0.2) is 5.82 Å². The second-order valence-corrected chi connectivity index (χ2v) is 9.13. The zero-order valence-electron chi connectivity index (χ0n) is 22.4. The number of pyridine rings is 1. The molecule has 0 aliphatic carbocycles. The van der Waals surface area contributed by atoms with Crippen molar-refractivity contribution in [1.82, 2.24) is 14.8 Å². The topological polar surface area (TPSA) is 95.7 Å². The summed E-state index contributed by atoms with van der Waals surface area (Å²) in [4.78, 5) is 15.0. The SMILES string of the molecule is CCOc1nn(-c2ccc(C(F)(F)F)cn2)cc1CCCOc1ccc(CCC(=O)O)c(OCc2ccccc2)c1. The van der Waals surface area contributed by atoms with E-state index in [9.17, 15) is 18.0 Å². The van der Waals surface area contributed by atoms with E-state index in [0.29, 0.717) is 56.5 Å². The molecule has 0 radical (unpaired) electrons. The van der Waals surface area contributed by atoms with Crippen LogP contribution >= 0.6 is 0 Å². The molecule has 0 atom stereocenters. The highest BCUT2D eigenvalue weighted by Gasteiger charge is 2.30. The molecule has 41 heavy (non-hydrogen) atoms. The molecule has 2 heterocycles. The van der Waals surface area contributed by atoms with Crippen LogP contribution in [0.25, 0.3) is 5.82 Å². The number of rotatable bonds is 14. The number of carbonyl (C=O) groups is 1. The number of alkyl halides is 3. The molecule has 0 aliphatic rings. The average molecular weight is 570 g/mol. The van der Waals surface area contributed by atoms with Crippen LogP contribution in [0.3, 0.4) is 0 Å². The molecule has 11 heteroatoms. The first-order chi connectivity index (χ1) is 19.7. The van der Waals surface area contributed by atoms with Crippen LogP contribution in [0, 0.1) is 0 Å². The number of hydrogen-bond donors (Lipinski definition) is 1. The van der Waals surface area contributed by atoms with Gasteiger partial charge < -0.3 is 19.3 Å². The van der Waals surface area contributed by atoms with E-state index >= 15 is 0 Å². The number of aromatic nitrogens is 3. The molecule has 0 saturated heterocycles. The Morgan fingerprint density at radius 3 is 2.46 bits per heavy atom. The smallest absolute Gasteiger partial charge is 0.417 e. The first-order valence-electron chi connectivity index (χ1n) is 13.1. The molecule has 4 rings (SSSR count). The van der Waals surface area contributed by atoms with Crippen LogP contribution < -0.4 is 14.2 Å². The van der Waals surface area contributed by atoms with Crippen molar-refractivity contribution in [3.63, 3.8) is 0 Å². The molecular formula is C30H30F3N3O5. The molecule has 0 unspecified atom stereocenters. The molecule has 8 nitrogen and oxygen atoms in total. The van der Waals surface area contributed by atoms with E-state index < -0.39 is 17.7 Å². The van der Waals surface area contributed by atoms with Crippen molar-refractivity contribution in [1.29, 1.82) is 0 Å². The number of nitrogens with zero attached hydrogens (tertiary/aromatic N) is 3. The number of hydrogen-bond acceptors (Lipinski definition) is 6. The maximum atomic E-state index is 12.9. The second-order valence-electron chi connectivity index (χ2n) is 9.13. The minimum absolute atomic E-state index is 0.0141. The van der Waals surface area contributed by atoms with Gasteiger partial charge in [0.25, 0.3) is 0 Å². The Kier molecular flexibility index (Phi) is 9.83. The Morgan fingerprint density at radius 1 is 0.976 bits per heavy atom. The number of carboxylic acids is 1. The molecule has 0 fully saturated rings. The molecule has 0 bridgehead atoms. The molecule has 0 spiro atoms. The van der Waals surface area contributed by atoms with E-state index in [1.54, 1.807) is 18.3 Å². The van der Waals surface area contributed by atoms with Crippen LogP contribution in [-0.4, -0.2) is 39.1 Å². The lowest BCUT2D eigenvalue weighted by molar-refractivity contribution is -0.138. The van der Waals surface area contributed by atoms with E-state index in [-0.39, 0.29) is 12.2 Å². The zero-order chi connectivity index (χ0) is 29.2. The van der Waals surface area contributed by atoms with Gasteiger partial charge in [-0.1, -0.05) is 36.4 Å². The Balaban J connectivity index is 1.39. The van der Waals surface area contributed by atoms with Gasteiger partial charge in [-0.3, -0.25) is 4.79 Å². The number of aliphatic carboxylic acids is 1. The Labute approximate surface area is 235 Å². The monoisotopic (exact) mass is 569 g/mol. The predicted octanol–water partition coefficient (Wildman–Crippen LogP) is 6.29. The van der Waals surface area contributed by atoms with Gasteiger partial charge in [0.05, 0.1) is 18.8 Å². The Morgan fingerprint density at radius 2 is 1.78 bits per heavy atom. The summed E-state index contributed by atoms with van der Waals surface area (Å²) in [5.41, 5.74) is 1.70. The number of benzene rings is 2. The third-order valence-electron chi connectivity index (χ3n) is 6.09. The molecule has 216 valence electrons. The molecule has 2 aromatic carbocycles. The van der Waals surface area contributed by atoms with Gasteiger partial charge in [-0.15, -0.1) is 5.10 Å². The number of ether oxygens (including phenoxy) is 3. The summed E-state index contributed by atoms with van der Waals surface area (Å²) in [6, 6.07) is 17.2. The van der Waals surface area contributed by atoms with E-state index in [2.05, 4.69) is 10.1 Å². The molecule has 1 N–H and O–H groups in total. The van der Waals surface area contributed by atoms with Crippen molar-refractivity contribution in [3.8, 4) is 23.2 Å². The Hall–Kier alpha value is -4.54. The third kappa shape index (κ3) is 8.47. The lowest BCUT2D eigenvalue weighted by atomic mass is 10.1. The lowest BCUT2D eigenvalue weighted by Crippen LogP contribution is -2.07. The van der Waals surface area contributed by atoms with Gasteiger partial charge in [-0.05, 0) is 55.5 Å². The zero-order valence-corrected chi connectivity index (χ0v) is 22.4. The number of carboxylic acid groups (broad SMARTS) is 1. The quantitative estimate of drug-likeness (QED) is 0.178. The average Bonchev–Trinajstić information content (AvgIpc) is 3.36. The van der Waals surface area contributed by atoms with Gasteiger partial charge in [0.2, 0.25) is 5.88 Å². The minimum Gasteiger partial charge on any atom is -0.493 e. The van der Waals surface area contributed by atoms with Crippen LogP contribution in [0.1, 0.15) is 42.0 Å². The van der Waals surface area contributed by atoms with Crippen molar-refractivity contribution < 1.29 is 37.3 Å². The highest BCUT2D eigenvalue weighted by Crippen LogP contribution is 2.30. The highest BCUT2D eigenvalue weighted by molar-refractivity contribution is 5.67. The fourth-order valence-electron chi connectivity index (χ4n) is 4.03. The first-order valence-corrected chi connectivity index (χ1v) is 13.1. The van der Waals surface area contributed by atoms with E-state index in [1.165, 1.54) is 10.7 Å². The summed E-state index contributed by atoms with van der Waals surface area (Å²) in [5.74, 6) is 0.891. The summed E-state index contributed by atoms with van der Waals surface area (Å²) in [6.45, 7) is 2.89. The lowest BCUT2D eigenvalue weighted by Gasteiger charge is -2.14. The van der Waals surface area contributed by atoms with Crippen molar-refractivity contribution in [2.24, 2.45) is 0 Å². The molecule has 0 saturated carbocycles. The van der Waals surface area contributed by atoms with Gasteiger partial charge in [-0.2, -0.15) is 13.2 Å². The van der Waals surface area contributed by atoms with E-state index in [0.717, 1.165) is 29.0 Å². The number of halogens is 3. The maximum absolute atomic E-state index is 12.9. The molecule has 2 aromatic heterocycles. The fraction of sp³-hybridized carbons (Fsp3) is 0.300. The maximum Gasteiger partial charge on any atom is 0.417 e. The summed E-state index contributed by atoms with van der Waals surface area (Å²) in [6.07, 6.45) is -0.539. The van der Waals surface area contributed by atoms with Crippen LogP contribution in [0.4, 0.5) is 13.2 Å². The van der Waals surface area contributed by atoms with Crippen LogP contribution in [0.15, 0.2) is 73.1 Å². The highest BCUT2D eigenvalue weighted by atomic mass is 19.4. The largest absolute Gasteiger partial charge is 0.493 e. The van der Waals surface area contributed by atoms with Gasteiger partial charge in [-0.25, -0.2) is 9.67 Å². The molecule has 4 aromatic rings. The van der Waals surface area contributed by atoms with E-state index in [4.69, 9.17) is 19.3 Å². The number of aryl methyl sites for hydroxylation is 2. The minimum atomic E-state index is -4.47. The van der Waals surface area contributed by atoms with Gasteiger partial charge >= 0.3 is 12.1 Å². The van der Waals surface area contributed by atoms with Crippen molar-refractivity contribution in [2.75, 3.05) is 13.2 Å². The standard InChI is InChI=1S/C30H30F3N3O5/c1-2-39-29-23(19-36(35-29)27-14-12-24(18-34-27)30(31,32)33)9-6-16-40-25-13-10-22(11-15-28(37)38)26(17-25)41-20-21-7-4-3-5-8-21/h3-5,7-8,10,12-14,17-19H,2,6,9,11,15-16,20H2,1H3,(H,37,38). The normalized spacial score (nSPS) is 11.3. The van der Waals surface area contributed by atoms with Gasteiger partial charge in [0, 0.05) is 30.4 Å². The van der Waals surface area contributed by atoms with Crippen molar-refractivity contribution in [3.05, 3.63) is 95.3 Å². The fourth-order valence-corrected chi connectivity index (χ4v) is 4.03. The molecule has 0 amide bonds. The van der Waals surface area contributed by atoms with Crippen LogP contribution in [0.2, 0.25) is 0 Å². The summed E-state index contributed by atoms with van der Waals surface area (Å²) in [5, 5.41) is 13.4.